The molecule has 24 heavy (non-hydrogen) atoms. The topological polar surface area (TPSA) is 55.4 Å². The van der Waals surface area contributed by atoms with Crippen LogP contribution in [-0.2, 0) is 10.0 Å². The van der Waals surface area contributed by atoms with Crippen molar-refractivity contribution < 1.29 is 13.2 Å². The molecule has 0 aliphatic carbocycles. The second-order valence-corrected chi connectivity index (χ2v) is 7.73. The predicted molar refractivity (Wildman–Crippen MR) is 97.0 cm³/mol. The first-order valence-corrected chi connectivity index (χ1v) is 9.51. The Morgan fingerprint density at radius 2 is 1.58 bits per heavy atom. The molecule has 0 aliphatic heterocycles. The third-order valence-corrected chi connectivity index (χ3v) is 5.90. The second kappa shape index (κ2) is 7.36. The van der Waals surface area contributed by atoms with Gasteiger partial charge in [-0.25, -0.2) is 13.1 Å². The zero-order valence-corrected chi connectivity index (χ0v) is 15.7. The maximum Gasteiger partial charge on any atom is 0.241 e. The lowest BCUT2D eigenvalue weighted by molar-refractivity contribution is 0.413. The summed E-state index contributed by atoms with van der Waals surface area (Å²) >= 11 is 0. The fourth-order valence-electron chi connectivity index (χ4n) is 2.88. The molecule has 5 heteroatoms. The standard InChI is InChI=1S/C19H25NO3S/c1-6-18(16-9-7-13(2)8-10-16)20-24(21,22)19-14(3)11-17(23-5)12-15(19)4/h7-12,18,20H,6H2,1-5H3. The number of benzene rings is 2. The molecule has 0 aliphatic rings. The van der Waals surface area contributed by atoms with Gasteiger partial charge in [0.15, 0.2) is 0 Å². The van der Waals surface area contributed by atoms with Gasteiger partial charge in [-0.15, -0.1) is 0 Å². The van der Waals surface area contributed by atoms with Crippen LogP contribution in [0, 0.1) is 20.8 Å². The Kier molecular flexibility index (Phi) is 5.67. The summed E-state index contributed by atoms with van der Waals surface area (Å²) in [5.74, 6) is 0.662. The van der Waals surface area contributed by atoms with Crippen LogP contribution < -0.4 is 9.46 Å². The maximum absolute atomic E-state index is 12.9. The molecule has 1 atom stereocenters. The van der Waals surface area contributed by atoms with Crippen LogP contribution in [0.4, 0.5) is 0 Å². The molecule has 0 saturated heterocycles. The largest absolute Gasteiger partial charge is 0.497 e. The Balaban J connectivity index is 2.38. The number of hydrogen-bond acceptors (Lipinski definition) is 3. The van der Waals surface area contributed by atoms with E-state index in [1.165, 1.54) is 0 Å². The van der Waals surface area contributed by atoms with Crippen LogP contribution in [0.1, 0.15) is 41.6 Å². The van der Waals surface area contributed by atoms with Crippen molar-refractivity contribution in [3.63, 3.8) is 0 Å². The summed E-state index contributed by atoms with van der Waals surface area (Å²) in [5.41, 5.74) is 3.48. The lowest BCUT2D eigenvalue weighted by Crippen LogP contribution is -2.29. The molecule has 0 spiro atoms. The summed E-state index contributed by atoms with van der Waals surface area (Å²) in [4.78, 5) is 0.328. The van der Waals surface area contributed by atoms with Crippen molar-refractivity contribution in [2.45, 2.75) is 45.1 Å². The molecule has 0 aromatic heterocycles. The minimum atomic E-state index is -3.62. The SMILES string of the molecule is CCC(NS(=O)(=O)c1c(C)cc(OC)cc1C)c1ccc(C)cc1. The highest BCUT2D eigenvalue weighted by Gasteiger charge is 2.24. The molecule has 2 aromatic carbocycles. The monoisotopic (exact) mass is 347 g/mol. The Bertz CT molecular complexity index is 788. The molecular formula is C19H25NO3S. The first-order valence-electron chi connectivity index (χ1n) is 8.02. The Labute approximate surface area is 144 Å². The van der Waals surface area contributed by atoms with Gasteiger partial charge in [-0.1, -0.05) is 36.8 Å². The third-order valence-electron chi connectivity index (χ3n) is 4.12. The van der Waals surface area contributed by atoms with Crippen LogP contribution in [0.15, 0.2) is 41.3 Å². The fourth-order valence-corrected chi connectivity index (χ4v) is 4.65. The molecule has 0 amide bonds. The number of hydrogen-bond donors (Lipinski definition) is 1. The number of aryl methyl sites for hydroxylation is 3. The first-order chi connectivity index (χ1) is 11.3. The molecule has 2 aromatic rings. The molecule has 2 rings (SSSR count). The molecule has 0 fully saturated rings. The molecule has 0 bridgehead atoms. The van der Waals surface area contributed by atoms with Gasteiger partial charge in [0.05, 0.1) is 12.0 Å². The van der Waals surface area contributed by atoms with E-state index in [2.05, 4.69) is 4.72 Å². The molecule has 130 valence electrons. The van der Waals surface area contributed by atoms with Crippen LogP contribution in [0.2, 0.25) is 0 Å². The fraction of sp³-hybridized carbons (Fsp3) is 0.368. The number of ether oxygens (including phenoxy) is 1. The van der Waals surface area contributed by atoms with E-state index in [1.54, 1.807) is 33.1 Å². The van der Waals surface area contributed by atoms with E-state index in [0.717, 1.165) is 11.1 Å². The van der Waals surface area contributed by atoms with E-state index in [0.29, 0.717) is 28.2 Å². The van der Waals surface area contributed by atoms with Crippen molar-refractivity contribution in [2.75, 3.05) is 7.11 Å². The van der Waals surface area contributed by atoms with Gasteiger partial charge in [-0.2, -0.15) is 0 Å². The van der Waals surface area contributed by atoms with Crippen molar-refractivity contribution in [1.29, 1.82) is 0 Å². The van der Waals surface area contributed by atoms with E-state index in [1.807, 2.05) is 38.1 Å². The smallest absolute Gasteiger partial charge is 0.241 e. The quantitative estimate of drug-likeness (QED) is 0.858. The Hall–Kier alpha value is -1.85. The number of rotatable bonds is 6. The predicted octanol–water partition coefficient (Wildman–Crippen LogP) is 4.05. The summed E-state index contributed by atoms with van der Waals surface area (Å²) in [7, 11) is -2.05. The van der Waals surface area contributed by atoms with Crippen LogP contribution in [0.25, 0.3) is 0 Å². The Morgan fingerprint density at radius 3 is 2.04 bits per heavy atom. The van der Waals surface area contributed by atoms with Gasteiger partial charge in [-0.3, -0.25) is 0 Å². The zero-order valence-electron chi connectivity index (χ0n) is 14.9. The van der Waals surface area contributed by atoms with E-state index in [9.17, 15) is 8.42 Å². The van der Waals surface area contributed by atoms with Crippen LogP contribution in [0.5, 0.6) is 5.75 Å². The molecule has 0 heterocycles. The van der Waals surface area contributed by atoms with Gasteiger partial charge < -0.3 is 4.74 Å². The molecule has 0 radical (unpaired) electrons. The summed E-state index contributed by atoms with van der Waals surface area (Å²) in [6.07, 6.45) is 0.677. The van der Waals surface area contributed by atoms with E-state index < -0.39 is 10.0 Å². The normalized spacial score (nSPS) is 12.9. The summed E-state index contributed by atoms with van der Waals surface area (Å²) in [5, 5.41) is 0. The van der Waals surface area contributed by atoms with Crippen LogP contribution >= 0.6 is 0 Å². The van der Waals surface area contributed by atoms with Gasteiger partial charge in [0, 0.05) is 6.04 Å². The summed E-state index contributed by atoms with van der Waals surface area (Å²) < 4.78 is 33.9. The average molecular weight is 347 g/mol. The highest BCUT2D eigenvalue weighted by Crippen LogP contribution is 2.28. The second-order valence-electron chi connectivity index (χ2n) is 6.08. The Morgan fingerprint density at radius 1 is 1.04 bits per heavy atom. The van der Waals surface area contributed by atoms with Crippen molar-refractivity contribution >= 4 is 10.0 Å². The third kappa shape index (κ3) is 3.97. The minimum Gasteiger partial charge on any atom is -0.497 e. The maximum atomic E-state index is 12.9. The van der Waals surface area contributed by atoms with Crippen LogP contribution in [0.3, 0.4) is 0 Å². The molecule has 1 unspecified atom stereocenters. The van der Waals surface area contributed by atoms with E-state index >= 15 is 0 Å². The average Bonchev–Trinajstić information content (AvgIpc) is 2.52. The van der Waals surface area contributed by atoms with Crippen molar-refractivity contribution in [1.82, 2.24) is 4.72 Å². The van der Waals surface area contributed by atoms with E-state index in [-0.39, 0.29) is 6.04 Å². The van der Waals surface area contributed by atoms with E-state index in [4.69, 9.17) is 4.74 Å². The van der Waals surface area contributed by atoms with Gasteiger partial charge in [0.2, 0.25) is 10.0 Å². The summed E-state index contributed by atoms with van der Waals surface area (Å²) in [6.45, 7) is 7.56. The molecule has 1 N–H and O–H groups in total. The summed E-state index contributed by atoms with van der Waals surface area (Å²) in [6, 6.07) is 11.2. The highest BCUT2D eigenvalue weighted by molar-refractivity contribution is 7.89. The van der Waals surface area contributed by atoms with Gasteiger partial charge in [-0.05, 0) is 56.0 Å². The lowest BCUT2D eigenvalue weighted by Gasteiger charge is -2.20. The van der Waals surface area contributed by atoms with Crippen molar-refractivity contribution in [3.8, 4) is 5.75 Å². The van der Waals surface area contributed by atoms with Crippen LogP contribution in [-0.4, -0.2) is 15.5 Å². The number of methoxy groups -OCH3 is 1. The molecule has 4 nitrogen and oxygen atoms in total. The van der Waals surface area contributed by atoms with Gasteiger partial charge in [0.25, 0.3) is 0 Å². The molecular weight excluding hydrogens is 322 g/mol. The minimum absolute atomic E-state index is 0.253. The molecule has 0 saturated carbocycles. The lowest BCUT2D eigenvalue weighted by atomic mass is 10.0. The van der Waals surface area contributed by atoms with Gasteiger partial charge in [0.1, 0.15) is 5.75 Å². The number of nitrogens with one attached hydrogen (secondary N) is 1. The van der Waals surface area contributed by atoms with Gasteiger partial charge >= 0.3 is 0 Å². The number of sulfonamides is 1. The van der Waals surface area contributed by atoms with Crippen molar-refractivity contribution in [2.24, 2.45) is 0 Å². The first kappa shape index (κ1) is 18.5. The van der Waals surface area contributed by atoms with Crippen molar-refractivity contribution in [3.05, 3.63) is 58.7 Å². The zero-order chi connectivity index (χ0) is 17.9. The highest BCUT2D eigenvalue weighted by atomic mass is 32.2.